The number of nitrogens with two attached hydrogens (primary N) is 1. The predicted octanol–water partition coefficient (Wildman–Crippen LogP) is 4.09. The van der Waals surface area contributed by atoms with Gasteiger partial charge in [-0.15, -0.1) is 0 Å². The molecule has 20 heavy (non-hydrogen) atoms. The van der Waals surface area contributed by atoms with E-state index in [-0.39, 0.29) is 5.95 Å². The lowest BCUT2D eigenvalue weighted by Crippen LogP contribution is -2.05. The average Bonchev–Trinajstić information content (AvgIpc) is 2.39. The molecule has 1 aromatic carbocycles. The summed E-state index contributed by atoms with van der Waals surface area (Å²) in [5.74, 6) is 1.78. The second-order valence-electron chi connectivity index (χ2n) is 4.05. The topological polar surface area (TPSA) is 73.1 Å². The maximum atomic E-state index is 5.89. The second-order valence-corrected chi connectivity index (χ2v) is 5.34. The van der Waals surface area contributed by atoms with Crippen LogP contribution in [-0.2, 0) is 0 Å². The van der Waals surface area contributed by atoms with Crippen molar-refractivity contribution in [1.82, 2.24) is 9.97 Å². The van der Waals surface area contributed by atoms with E-state index >= 15 is 0 Å². The Balaban J connectivity index is 2.21. The van der Waals surface area contributed by atoms with Crippen LogP contribution in [0.4, 0.5) is 11.8 Å². The molecule has 0 atom stereocenters. The number of benzene rings is 1. The number of anilines is 2. The quantitative estimate of drug-likeness (QED) is 0.843. The molecule has 7 heteroatoms. The number of nitrogens with one attached hydrogen (secondary N) is 1. The van der Waals surface area contributed by atoms with E-state index < -0.39 is 0 Å². The first kappa shape index (κ1) is 14.9. The second kappa shape index (κ2) is 6.76. The molecule has 0 aliphatic rings. The molecular formula is C13H14BrClN4O. The fraction of sp³-hybridized carbons (Fsp3) is 0.231. The first-order valence-electron chi connectivity index (χ1n) is 6.10. The number of hydrogen-bond donors (Lipinski definition) is 2. The predicted molar refractivity (Wildman–Crippen MR) is 84.5 cm³/mol. The lowest BCUT2D eigenvalue weighted by atomic mass is 10.3. The van der Waals surface area contributed by atoms with Gasteiger partial charge < -0.3 is 15.8 Å². The number of ether oxygens (including phenoxy) is 1. The Morgan fingerprint density at radius 1 is 1.35 bits per heavy atom. The smallest absolute Gasteiger partial charge is 0.226 e. The van der Waals surface area contributed by atoms with Crippen LogP contribution in [0.25, 0.3) is 0 Å². The van der Waals surface area contributed by atoms with Crippen molar-refractivity contribution in [3.05, 3.63) is 33.8 Å². The van der Waals surface area contributed by atoms with Gasteiger partial charge in [0.15, 0.2) is 0 Å². The zero-order chi connectivity index (χ0) is 14.5. The van der Waals surface area contributed by atoms with Crippen LogP contribution in [0, 0.1) is 0 Å². The molecular weight excluding hydrogens is 344 g/mol. The largest absolute Gasteiger partial charge is 0.438 e. The summed E-state index contributed by atoms with van der Waals surface area (Å²) in [6, 6.07) is 6.94. The lowest BCUT2D eigenvalue weighted by molar-refractivity contribution is 0.460. The molecule has 1 aromatic heterocycles. The molecule has 0 radical (unpaired) electrons. The van der Waals surface area contributed by atoms with Gasteiger partial charge in [-0.25, -0.2) is 0 Å². The van der Waals surface area contributed by atoms with E-state index in [1.54, 1.807) is 24.3 Å². The highest BCUT2D eigenvalue weighted by atomic mass is 79.9. The van der Waals surface area contributed by atoms with Crippen LogP contribution in [0.5, 0.6) is 11.6 Å². The first-order chi connectivity index (χ1) is 9.58. The Labute approximate surface area is 130 Å². The molecule has 3 N–H and O–H groups in total. The van der Waals surface area contributed by atoms with Crippen LogP contribution in [-0.4, -0.2) is 16.5 Å². The van der Waals surface area contributed by atoms with Crippen molar-refractivity contribution in [1.29, 1.82) is 0 Å². The van der Waals surface area contributed by atoms with E-state index in [0.717, 1.165) is 17.4 Å². The normalized spacial score (nSPS) is 10.3. The molecule has 0 unspecified atom stereocenters. The third kappa shape index (κ3) is 3.98. The summed E-state index contributed by atoms with van der Waals surface area (Å²) in [6.45, 7) is 2.88. The Hall–Kier alpha value is -1.53. The van der Waals surface area contributed by atoms with E-state index in [1.165, 1.54) is 0 Å². The summed E-state index contributed by atoms with van der Waals surface area (Å²) in [4.78, 5) is 8.14. The molecule has 0 spiro atoms. The molecule has 0 amide bonds. The average molecular weight is 358 g/mol. The van der Waals surface area contributed by atoms with Crippen molar-refractivity contribution >= 4 is 39.3 Å². The highest BCUT2D eigenvalue weighted by molar-refractivity contribution is 9.10. The highest BCUT2D eigenvalue weighted by Crippen LogP contribution is 2.31. The lowest BCUT2D eigenvalue weighted by Gasteiger charge is -2.10. The van der Waals surface area contributed by atoms with Gasteiger partial charge in [-0.3, -0.25) is 0 Å². The monoisotopic (exact) mass is 356 g/mol. The van der Waals surface area contributed by atoms with Gasteiger partial charge in [-0.2, -0.15) is 9.97 Å². The van der Waals surface area contributed by atoms with Gasteiger partial charge >= 0.3 is 0 Å². The third-order valence-electron chi connectivity index (χ3n) is 2.38. The molecule has 0 fully saturated rings. The van der Waals surface area contributed by atoms with Crippen LogP contribution < -0.4 is 15.8 Å². The van der Waals surface area contributed by atoms with Crippen molar-refractivity contribution in [3.63, 3.8) is 0 Å². The summed E-state index contributed by atoms with van der Waals surface area (Å²) in [5, 5.41) is 3.76. The van der Waals surface area contributed by atoms with Gasteiger partial charge in [0.1, 0.15) is 11.6 Å². The molecule has 0 saturated heterocycles. The first-order valence-corrected chi connectivity index (χ1v) is 7.27. The van der Waals surface area contributed by atoms with E-state index in [9.17, 15) is 0 Å². The standard InChI is InChI=1S/C13H14BrClN4O/c1-2-5-17-11-7-12(19-13(16)18-11)20-10-4-3-8(15)6-9(10)14/h3-4,6-7H,2,5H2,1H3,(H3,16,17,18,19). The molecule has 106 valence electrons. The zero-order valence-corrected chi connectivity index (χ0v) is 13.2. The SMILES string of the molecule is CCCNc1cc(Oc2ccc(Cl)cc2Br)nc(N)n1. The van der Waals surface area contributed by atoms with Gasteiger partial charge in [0, 0.05) is 17.6 Å². The Kier molecular flexibility index (Phi) is 5.03. The molecule has 5 nitrogen and oxygen atoms in total. The van der Waals surface area contributed by atoms with Crippen molar-refractivity contribution in [2.45, 2.75) is 13.3 Å². The molecule has 0 bridgehead atoms. The number of nitrogens with zero attached hydrogens (tertiary/aromatic N) is 2. The third-order valence-corrected chi connectivity index (χ3v) is 3.24. The molecule has 2 aromatic rings. The Morgan fingerprint density at radius 3 is 2.85 bits per heavy atom. The molecule has 0 aliphatic heterocycles. The Morgan fingerprint density at radius 2 is 2.15 bits per heavy atom. The van der Waals surface area contributed by atoms with Crippen molar-refractivity contribution in [3.8, 4) is 11.6 Å². The minimum atomic E-state index is 0.159. The van der Waals surface area contributed by atoms with Crippen molar-refractivity contribution in [2.24, 2.45) is 0 Å². The fourth-order valence-corrected chi connectivity index (χ4v) is 2.27. The van der Waals surface area contributed by atoms with Gasteiger partial charge in [0.2, 0.25) is 11.8 Å². The number of rotatable bonds is 5. The van der Waals surface area contributed by atoms with Crippen LogP contribution in [0.2, 0.25) is 5.02 Å². The summed E-state index contributed by atoms with van der Waals surface area (Å²) < 4.78 is 6.43. The van der Waals surface area contributed by atoms with Crippen molar-refractivity contribution in [2.75, 3.05) is 17.6 Å². The maximum Gasteiger partial charge on any atom is 0.226 e. The zero-order valence-electron chi connectivity index (χ0n) is 10.9. The summed E-state index contributed by atoms with van der Waals surface area (Å²) in [6.07, 6.45) is 0.989. The highest BCUT2D eigenvalue weighted by Gasteiger charge is 2.07. The minimum absolute atomic E-state index is 0.159. The summed E-state index contributed by atoms with van der Waals surface area (Å²) in [5.41, 5.74) is 5.67. The van der Waals surface area contributed by atoms with E-state index in [2.05, 4.69) is 38.1 Å². The molecule has 0 aliphatic carbocycles. The van der Waals surface area contributed by atoms with Gasteiger partial charge in [-0.1, -0.05) is 18.5 Å². The van der Waals surface area contributed by atoms with Crippen molar-refractivity contribution < 1.29 is 4.74 Å². The number of halogens is 2. The van der Waals surface area contributed by atoms with Crippen LogP contribution >= 0.6 is 27.5 Å². The van der Waals surface area contributed by atoms with E-state index in [0.29, 0.717) is 22.5 Å². The Bertz CT molecular complexity index is 609. The summed E-state index contributed by atoms with van der Waals surface area (Å²) >= 11 is 9.27. The molecule has 0 saturated carbocycles. The number of nitrogen functional groups attached to an aromatic ring is 1. The van der Waals surface area contributed by atoms with Crippen LogP contribution in [0.1, 0.15) is 13.3 Å². The number of aromatic nitrogens is 2. The van der Waals surface area contributed by atoms with E-state index in [4.69, 9.17) is 22.1 Å². The van der Waals surface area contributed by atoms with Gasteiger partial charge in [0.05, 0.1) is 4.47 Å². The fourth-order valence-electron chi connectivity index (χ4n) is 1.51. The maximum absolute atomic E-state index is 5.89. The molecule has 2 rings (SSSR count). The van der Waals surface area contributed by atoms with Gasteiger partial charge in [-0.05, 0) is 40.5 Å². The van der Waals surface area contributed by atoms with Crippen LogP contribution in [0.3, 0.4) is 0 Å². The minimum Gasteiger partial charge on any atom is -0.438 e. The number of hydrogen-bond acceptors (Lipinski definition) is 5. The van der Waals surface area contributed by atoms with Crippen LogP contribution in [0.15, 0.2) is 28.7 Å². The summed E-state index contributed by atoms with van der Waals surface area (Å²) in [7, 11) is 0. The van der Waals surface area contributed by atoms with E-state index in [1.807, 2.05) is 0 Å². The van der Waals surface area contributed by atoms with Gasteiger partial charge in [0.25, 0.3) is 0 Å². The molecule has 1 heterocycles.